The van der Waals surface area contributed by atoms with Crippen LogP contribution in [-0.4, -0.2) is 46.3 Å². The molecule has 1 spiro atoms. The molecule has 1 atom stereocenters. The van der Waals surface area contributed by atoms with Crippen LogP contribution in [0.1, 0.15) is 30.4 Å². The highest BCUT2D eigenvalue weighted by Gasteiger charge is 2.41. The Bertz CT molecular complexity index is 957. The molecule has 0 radical (unpaired) electrons. The fourth-order valence-electron chi connectivity index (χ4n) is 4.97. The lowest BCUT2D eigenvalue weighted by molar-refractivity contribution is 0.0866. The molecule has 0 saturated carbocycles. The van der Waals surface area contributed by atoms with Gasteiger partial charge in [0.25, 0.3) is 0 Å². The van der Waals surface area contributed by atoms with Crippen LogP contribution in [-0.2, 0) is 13.1 Å². The first-order chi connectivity index (χ1) is 13.7. The highest BCUT2D eigenvalue weighted by atomic mass is 19.1. The second kappa shape index (κ2) is 7.26. The summed E-state index contributed by atoms with van der Waals surface area (Å²) in [5.74, 6) is -0.162. The van der Waals surface area contributed by atoms with Crippen molar-refractivity contribution in [3.63, 3.8) is 0 Å². The standard InChI is InChI=1S/C22H25FN4O/c23-19-5-2-17(3-6-19)13-26-10-1-8-22(15-26)9-11-27(16-22)14-18-4-7-20-21(12-18)25-28-24-20/h2-7,12H,1,8-11,13-16H2. The molecule has 5 rings (SSSR count). The first-order valence-corrected chi connectivity index (χ1v) is 10.1. The minimum Gasteiger partial charge on any atom is -0.298 e. The first kappa shape index (κ1) is 17.8. The second-order valence-corrected chi connectivity index (χ2v) is 8.49. The molecular weight excluding hydrogens is 355 g/mol. The number of hydrogen-bond acceptors (Lipinski definition) is 5. The summed E-state index contributed by atoms with van der Waals surface area (Å²) in [5, 5.41) is 7.84. The van der Waals surface area contributed by atoms with Gasteiger partial charge in [-0.2, -0.15) is 0 Å². The van der Waals surface area contributed by atoms with Crippen LogP contribution in [0.3, 0.4) is 0 Å². The van der Waals surface area contributed by atoms with Gasteiger partial charge in [0.2, 0.25) is 0 Å². The summed E-state index contributed by atoms with van der Waals surface area (Å²) in [6, 6.07) is 13.1. The van der Waals surface area contributed by atoms with Gasteiger partial charge >= 0.3 is 0 Å². The molecule has 2 aromatic carbocycles. The zero-order valence-corrected chi connectivity index (χ0v) is 16.0. The zero-order valence-electron chi connectivity index (χ0n) is 16.0. The van der Waals surface area contributed by atoms with E-state index < -0.39 is 0 Å². The fraction of sp³-hybridized carbons (Fsp3) is 0.455. The summed E-state index contributed by atoms with van der Waals surface area (Å²) < 4.78 is 18.0. The van der Waals surface area contributed by atoms with Crippen LogP contribution >= 0.6 is 0 Å². The van der Waals surface area contributed by atoms with Gasteiger partial charge in [-0.05, 0) is 83.5 Å². The molecule has 0 bridgehead atoms. The van der Waals surface area contributed by atoms with Crippen molar-refractivity contribution < 1.29 is 9.02 Å². The van der Waals surface area contributed by atoms with Crippen molar-refractivity contribution in [3.05, 3.63) is 59.4 Å². The minimum absolute atomic E-state index is 0.162. The van der Waals surface area contributed by atoms with Gasteiger partial charge in [-0.1, -0.05) is 18.2 Å². The largest absolute Gasteiger partial charge is 0.298 e. The monoisotopic (exact) mass is 380 g/mol. The maximum atomic E-state index is 13.2. The van der Waals surface area contributed by atoms with Gasteiger partial charge in [-0.15, -0.1) is 0 Å². The molecular formula is C22H25FN4O. The van der Waals surface area contributed by atoms with E-state index in [4.69, 9.17) is 4.63 Å². The Morgan fingerprint density at radius 1 is 0.857 bits per heavy atom. The topological polar surface area (TPSA) is 45.4 Å². The molecule has 2 aliphatic heterocycles. The number of likely N-dealkylation sites (tertiary alicyclic amines) is 2. The molecule has 6 heteroatoms. The Kier molecular flexibility index (Phi) is 4.61. The average molecular weight is 380 g/mol. The summed E-state index contributed by atoms with van der Waals surface area (Å²) in [6.07, 6.45) is 3.79. The van der Waals surface area contributed by atoms with Gasteiger partial charge < -0.3 is 0 Å². The number of aromatic nitrogens is 2. The predicted molar refractivity (Wildman–Crippen MR) is 105 cm³/mol. The van der Waals surface area contributed by atoms with Crippen LogP contribution in [0.5, 0.6) is 0 Å². The van der Waals surface area contributed by atoms with Crippen molar-refractivity contribution in [2.24, 2.45) is 5.41 Å². The van der Waals surface area contributed by atoms with E-state index in [1.807, 2.05) is 18.2 Å². The smallest absolute Gasteiger partial charge is 0.135 e. The van der Waals surface area contributed by atoms with Gasteiger partial charge in [0, 0.05) is 26.2 Å². The van der Waals surface area contributed by atoms with E-state index in [9.17, 15) is 4.39 Å². The third-order valence-corrected chi connectivity index (χ3v) is 6.30. The average Bonchev–Trinajstić information content (AvgIpc) is 3.31. The molecule has 0 amide bonds. The number of fused-ring (bicyclic) bond motifs is 1. The zero-order chi connectivity index (χ0) is 19.0. The summed E-state index contributed by atoms with van der Waals surface area (Å²) in [7, 11) is 0. The lowest BCUT2D eigenvalue weighted by atomic mass is 9.79. The molecule has 146 valence electrons. The number of piperidine rings is 1. The maximum Gasteiger partial charge on any atom is 0.135 e. The van der Waals surface area contributed by atoms with Gasteiger partial charge in [0.15, 0.2) is 0 Å². The van der Waals surface area contributed by atoms with E-state index in [-0.39, 0.29) is 5.82 Å². The molecule has 5 nitrogen and oxygen atoms in total. The van der Waals surface area contributed by atoms with Crippen molar-refractivity contribution in [2.45, 2.75) is 32.4 Å². The normalized spacial score (nSPS) is 23.8. The van der Waals surface area contributed by atoms with Crippen LogP contribution < -0.4 is 0 Å². The van der Waals surface area contributed by atoms with Gasteiger partial charge in [-0.25, -0.2) is 9.02 Å². The Hall–Kier alpha value is -2.31. The lowest BCUT2D eigenvalue weighted by Gasteiger charge is -2.40. The van der Waals surface area contributed by atoms with E-state index in [2.05, 4.69) is 32.2 Å². The van der Waals surface area contributed by atoms with Crippen LogP contribution in [0.25, 0.3) is 11.0 Å². The Morgan fingerprint density at radius 3 is 2.43 bits per heavy atom. The Morgan fingerprint density at radius 2 is 1.57 bits per heavy atom. The SMILES string of the molecule is Fc1ccc(CN2CCCC3(CCN(Cc4ccc5nonc5c4)C3)C2)cc1. The maximum absolute atomic E-state index is 13.2. The molecule has 1 aromatic heterocycles. The van der Waals surface area contributed by atoms with Crippen molar-refractivity contribution in [1.29, 1.82) is 0 Å². The summed E-state index contributed by atoms with van der Waals surface area (Å²) >= 11 is 0. The summed E-state index contributed by atoms with van der Waals surface area (Å²) in [6.45, 7) is 6.41. The Labute approximate surface area is 164 Å². The molecule has 2 saturated heterocycles. The quantitative estimate of drug-likeness (QED) is 0.688. The number of halogens is 1. The fourth-order valence-corrected chi connectivity index (χ4v) is 4.97. The molecule has 3 aromatic rings. The van der Waals surface area contributed by atoms with Crippen molar-refractivity contribution in [3.8, 4) is 0 Å². The second-order valence-electron chi connectivity index (χ2n) is 8.49. The van der Waals surface area contributed by atoms with Crippen LogP contribution in [0.4, 0.5) is 4.39 Å². The highest BCUT2D eigenvalue weighted by Crippen LogP contribution is 2.39. The van der Waals surface area contributed by atoms with E-state index in [0.29, 0.717) is 5.41 Å². The van der Waals surface area contributed by atoms with Crippen LogP contribution in [0, 0.1) is 11.2 Å². The first-order valence-electron chi connectivity index (χ1n) is 10.1. The van der Waals surface area contributed by atoms with Crippen LogP contribution in [0.2, 0.25) is 0 Å². The minimum atomic E-state index is -0.162. The third kappa shape index (κ3) is 3.66. The molecule has 28 heavy (non-hydrogen) atoms. The molecule has 2 aliphatic rings. The highest BCUT2D eigenvalue weighted by molar-refractivity contribution is 5.73. The lowest BCUT2D eigenvalue weighted by Crippen LogP contribution is -2.44. The Balaban J connectivity index is 1.22. The summed E-state index contributed by atoms with van der Waals surface area (Å²) in [5.41, 5.74) is 4.49. The molecule has 2 fully saturated rings. The third-order valence-electron chi connectivity index (χ3n) is 6.30. The molecule has 0 aliphatic carbocycles. The van der Waals surface area contributed by atoms with Crippen molar-refractivity contribution in [2.75, 3.05) is 26.2 Å². The van der Waals surface area contributed by atoms with Crippen LogP contribution in [0.15, 0.2) is 47.1 Å². The van der Waals surface area contributed by atoms with E-state index in [1.54, 1.807) is 12.1 Å². The number of hydrogen-bond donors (Lipinski definition) is 0. The van der Waals surface area contributed by atoms with Crippen molar-refractivity contribution in [1.82, 2.24) is 20.1 Å². The molecule has 0 N–H and O–H groups in total. The molecule has 3 heterocycles. The number of benzene rings is 2. The van der Waals surface area contributed by atoms with Gasteiger partial charge in [-0.3, -0.25) is 9.80 Å². The van der Waals surface area contributed by atoms with E-state index in [0.717, 1.165) is 50.3 Å². The summed E-state index contributed by atoms with van der Waals surface area (Å²) in [4.78, 5) is 5.11. The molecule has 1 unspecified atom stereocenters. The van der Waals surface area contributed by atoms with Crippen molar-refractivity contribution >= 4 is 11.0 Å². The van der Waals surface area contributed by atoms with Gasteiger partial charge in [0.05, 0.1) is 0 Å². The number of rotatable bonds is 4. The van der Waals surface area contributed by atoms with E-state index >= 15 is 0 Å². The van der Waals surface area contributed by atoms with E-state index in [1.165, 1.54) is 30.4 Å². The number of nitrogens with zero attached hydrogens (tertiary/aromatic N) is 4. The van der Waals surface area contributed by atoms with Gasteiger partial charge in [0.1, 0.15) is 16.9 Å². The predicted octanol–water partition coefficient (Wildman–Crippen LogP) is 3.85.